The molecule has 0 saturated carbocycles. The number of nitrogens with one attached hydrogen (secondary N) is 1. The van der Waals surface area contributed by atoms with Gasteiger partial charge in [-0.15, -0.1) is 0 Å². The molecule has 1 atom stereocenters. The molecule has 0 fully saturated rings. The molecule has 2 aromatic carbocycles. The Bertz CT molecular complexity index is 1230. The van der Waals surface area contributed by atoms with Gasteiger partial charge in [-0.05, 0) is 55.0 Å². The number of hydrogen-bond acceptors (Lipinski definition) is 6. The number of ether oxygens (including phenoxy) is 1. The number of hydrogen-bond donors (Lipinski definition) is 1. The Morgan fingerprint density at radius 3 is 2.62 bits per heavy atom. The first-order valence-corrected chi connectivity index (χ1v) is 11.7. The van der Waals surface area contributed by atoms with Crippen molar-refractivity contribution in [1.82, 2.24) is 5.01 Å². The molecule has 0 aliphatic carbocycles. The van der Waals surface area contributed by atoms with Gasteiger partial charge >= 0.3 is 0 Å². The van der Waals surface area contributed by atoms with Gasteiger partial charge in [-0.1, -0.05) is 18.2 Å². The molecule has 0 unspecified atom stereocenters. The average molecular weight is 454 g/mol. The van der Waals surface area contributed by atoms with Crippen molar-refractivity contribution in [3.05, 3.63) is 83.8 Å². The first-order chi connectivity index (χ1) is 15.4. The van der Waals surface area contributed by atoms with Gasteiger partial charge in [0.15, 0.2) is 0 Å². The number of methoxy groups -OCH3 is 1. The van der Waals surface area contributed by atoms with E-state index in [4.69, 9.17) is 9.15 Å². The molecular weight excluding hydrogens is 430 g/mol. The lowest BCUT2D eigenvalue weighted by atomic mass is 10.0. The van der Waals surface area contributed by atoms with Crippen LogP contribution in [0, 0.1) is 0 Å². The zero-order valence-corrected chi connectivity index (χ0v) is 18.5. The number of carbonyl (C=O) groups is 1. The summed E-state index contributed by atoms with van der Waals surface area (Å²) in [5.74, 6) is 0.937. The summed E-state index contributed by atoms with van der Waals surface area (Å²) in [7, 11) is -1.81. The highest BCUT2D eigenvalue weighted by molar-refractivity contribution is 7.92. The minimum Gasteiger partial charge on any atom is -0.497 e. The van der Waals surface area contributed by atoms with Crippen LogP contribution in [-0.2, 0) is 10.0 Å². The molecule has 0 bridgehead atoms. The summed E-state index contributed by atoms with van der Waals surface area (Å²) in [6.07, 6.45) is 2.03. The van der Waals surface area contributed by atoms with Crippen LogP contribution in [0.2, 0.25) is 0 Å². The smallest absolute Gasteiger partial charge is 0.274 e. The van der Waals surface area contributed by atoms with Crippen LogP contribution in [0.15, 0.2) is 76.4 Å². The van der Waals surface area contributed by atoms with Gasteiger partial charge in [0.05, 0.1) is 24.8 Å². The van der Waals surface area contributed by atoms with Crippen LogP contribution < -0.4 is 9.46 Å². The van der Waals surface area contributed by atoms with E-state index in [0.29, 0.717) is 34.9 Å². The van der Waals surface area contributed by atoms with E-state index in [1.54, 1.807) is 74.9 Å². The summed E-state index contributed by atoms with van der Waals surface area (Å²) in [6, 6.07) is 17.0. The molecule has 1 N–H and O–H groups in total. The molecule has 1 aliphatic heterocycles. The van der Waals surface area contributed by atoms with Crippen LogP contribution >= 0.6 is 0 Å². The number of anilines is 1. The fourth-order valence-corrected chi connectivity index (χ4v) is 4.08. The van der Waals surface area contributed by atoms with E-state index in [1.165, 1.54) is 5.01 Å². The number of sulfonamides is 1. The van der Waals surface area contributed by atoms with E-state index < -0.39 is 16.1 Å². The van der Waals surface area contributed by atoms with E-state index in [2.05, 4.69) is 9.82 Å². The molecule has 2 heterocycles. The third-order valence-electron chi connectivity index (χ3n) is 5.18. The van der Waals surface area contributed by atoms with Crippen molar-refractivity contribution in [1.29, 1.82) is 0 Å². The predicted molar refractivity (Wildman–Crippen MR) is 121 cm³/mol. The van der Waals surface area contributed by atoms with Crippen molar-refractivity contribution in [3.63, 3.8) is 0 Å². The van der Waals surface area contributed by atoms with Crippen molar-refractivity contribution in [3.8, 4) is 5.75 Å². The third kappa shape index (κ3) is 4.52. The van der Waals surface area contributed by atoms with Crippen LogP contribution in [0.3, 0.4) is 0 Å². The molecule has 0 saturated heterocycles. The van der Waals surface area contributed by atoms with Gasteiger partial charge in [0.2, 0.25) is 10.0 Å². The standard InChI is InChI=1S/C23H23N3O5S/c1-3-32(28,29)25-18-11-9-16(10-12-18)20-15-21(22-8-5-13-31-22)26(24-20)23(27)17-6-4-7-19(14-17)30-2/h4-14,21,25H,3,15H2,1-2H3/t21-/m0/s1. The second-order valence-corrected chi connectivity index (χ2v) is 9.26. The number of benzene rings is 2. The van der Waals surface area contributed by atoms with Crippen molar-refractivity contribution >= 4 is 27.3 Å². The van der Waals surface area contributed by atoms with Gasteiger partial charge < -0.3 is 9.15 Å². The number of rotatable bonds is 7. The quantitative estimate of drug-likeness (QED) is 0.582. The highest BCUT2D eigenvalue weighted by atomic mass is 32.2. The van der Waals surface area contributed by atoms with Crippen LogP contribution in [0.1, 0.15) is 41.1 Å². The van der Waals surface area contributed by atoms with Gasteiger partial charge in [-0.2, -0.15) is 5.10 Å². The normalized spacial score (nSPS) is 16.0. The Hall–Kier alpha value is -3.59. The fourth-order valence-electron chi connectivity index (χ4n) is 3.45. The Morgan fingerprint density at radius 2 is 1.97 bits per heavy atom. The zero-order valence-electron chi connectivity index (χ0n) is 17.7. The lowest BCUT2D eigenvalue weighted by molar-refractivity contribution is 0.0692. The van der Waals surface area contributed by atoms with Crippen molar-refractivity contribution in [2.24, 2.45) is 5.10 Å². The molecule has 1 aromatic heterocycles. The number of nitrogens with zero attached hydrogens (tertiary/aromatic N) is 2. The molecule has 4 rings (SSSR count). The Labute approximate surface area is 186 Å². The molecule has 0 radical (unpaired) electrons. The maximum Gasteiger partial charge on any atom is 0.274 e. The Kier molecular flexibility index (Phi) is 6.00. The second-order valence-electron chi connectivity index (χ2n) is 7.25. The average Bonchev–Trinajstić information content (AvgIpc) is 3.49. The van der Waals surface area contributed by atoms with E-state index >= 15 is 0 Å². The molecule has 1 amide bonds. The molecule has 166 valence electrons. The Balaban J connectivity index is 1.64. The SMILES string of the molecule is CCS(=O)(=O)Nc1ccc(C2=NN(C(=O)c3cccc(OC)c3)[C@H](c3ccco3)C2)cc1. The molecule has 32 heavy (non-hydrogen) atoms. The predicted octanol–water partition coefficient (Wildman–Crippen LogP) is 4.04. The van der Waals surface area contributed by atoms with Crippen LogP contribution in [-0.4, -0.2) is 37.9 Å². The summed E-state index contributed by atoms with van der Waals surface area (Å²) in [6.45, 7) is 1.58. The molecule has 8 nitrogen and oxygen atoms in total. The first kappa shape index (κ1) is 21.6. The minimum absolute atomic E-state index is 0.00632. The van der Waals surface area contributed by atoms with E-state index in [-0.39, 0.29) is 11.7 Å². The highest BCUT2D eigenvalue weighted by Gasteiger charge is 2.35. The third-order valence-corrected chi connectivity index (χ3v) is 6.49. The number of hydrazone groups is 1. The largest absolute Gasteiger partial charge is 0.497 e. The number of amides is 1. The van der Waals surface area contributed by atoms with Gasteiger partial charge in [0.1, 0.15) is 17.6 Å². The highest BCUT2D eigenvalue weighted by Crippen LogP contribution is 2.34. The zero-order chi connectivity index (χ0) is 22.7. The molecule has 3 aromatic rings. The lowest BCUT2D eigenvalue weighted by Gasteiger charge is -2.20. The number of furan rings is 1. The molecule has 0 spiro atoms. The van der Waals surface area contributed by atoms with Crippen LogP contribution in [0.25, 0.3) is 0 Å². The summed E-state index contributed by atoms with van der Waals surface area (Å²) >= 11 is 0. The Morgan fingerprint density at radius 1 is 1.19 bits per heavy atom. The fraction of sp³-hybridized carbons (Fsp3) is 0.217. The van der Waals surface area contributed by atoms with Gasteiger partial charge in [0, 0.05) is 17.7 Å². The first-order valence-electron chi connectivity index (χ1n) is 10.1. The van der Waals surface area contributed by atoms with Crippen LogP contribution in [0.5, 0.6) is 5.75 Å². The molecular formula is C23H23N3O5S. The summed E-state index contributed by atoms with van der Waals surface area (Å²) in [5, 5.41) is 6.04. The minimum atomic E-state index is -3.36. The van der Waals surface area contributed by atoms with Crippen molar-refractivity contribution < 1.29 is 22.4 Å². The summed E-state index contributed by atoms with van der Waals surface area (Å²) in [5.41, 5.74) is 2.42. The summed E-state index contributed by atoms with van der Waals surface area (Å²) < 4.78 is 36.9. The molecule has 9 heteroatoms. The van der Waals surface area contributed by atoms with Crippen molar-refractivity contribution in [2.75, 3.05) is 17.6 Å². The van der Waals surface area contributed by atoms with E-state index in [0.717, 1.165) is 5.56 Å². The van der Waals surface area contributed by atoms with Crippen LogP contribution in [0.4, 0.5) is 5.69 Å². The topological polar surface area (TPSA) is 101 Å². The maximum atomic E-state index is 13.3. The maximum absolute atomic E-state index is 13.3. The lowest BCUT2D eigenvalue weighted by Crippen LogP contribution is -2.26. The summed E-state index contributed by atoms with van der Waals surface area (Å²) in [4.78, 5) is 13.3. The second kappa shape index (κ2) is 8.88. The van der Waals surface area contributed by atoms with Crippen molar-refractivity contribution in [2.45, 2.75) is 19.4 Å². The van der Waals surface area contributed by atoms with Gasteiger partial charge in [0.25, 0.3) is 5.91 Å². The van der Waals surface area contributed by atoms with E-state index in [9.17, 15) is 13.2 Å². The monoisotopic (exact) mass is 453 g/mol. The molecule has 1 aliphatic rings. The van der Waals surface area contributed by atoms with Gasteiger partial charge in [-0.25, -0.2) is 13.4 Å². The number of carbonyl (C=O) groups excluding carboxylic acids is 1. The van der Waals surface area contributed by atoms with E-state index in [1.807, 2.05) is 6.07 Å². The van der Waals surface area contributed by atoms with Gasteiger partial charge in [-0.3, -0.25) is 9.52 Å².